The molecule has 0 spiro atoms. The highest BCUT2D eigenvalue weighted by Gasteiger charge is 2.37. The summed E-state index contributed by atoms with van der Waals surface area (Å²) in [5.74, 6) is -0.204. The number of rotatable bonds is 3. The molecule has 0 fully saturated rings. The topological polar surface area (TPSA) is 20.2 Å². The lowest BCUT2D eigenvalue weighted by atomic mass is 9.73. The molecule has 0 amide bonds. The van der Waals surface area contributed by atoms with E-state index < -0.39 is 5.60 Å². The van der Waals surface area contributed by atoms with Crippen LogP contribution in [0.25, 0.3) is 11.1 Å². The van der Waals surface area contributed by atoms with Crippen LogP contribution in [0.1, 0.15) is 31.4 Å². The van der Waals surface area contributed by atoms with Gasteiger partial charge in [0.05, 0.1) is 5.60 Å². The first-order chi connectivity index (χ1) is 11.0. The van der Waals surface area contributed by atoms with Crippen molar-refractivity contribution in [3.63, 3.8) is 0 Å². The molecule has 2 aromatic carbocycles. The van der Waals surface area contributed by atoms with Gasteiger partial charge >= 0.3 is 0 Å². The molecule has 2 aromatic rings. The highest BCUT2D eigenvalue weighted by Crippen LogP contribution is 2.42. The molecule has 0 aliphatic heterocycles. The fourth-order valence-electron chi connectivity index (χ4n) is 3.06. The van der Waals surface area contributed by atoms with Crippen molar-refractivity contribution in [3.05, 3.63) is 83.7 Å². The van der Waals surface area contributed by atoms with E-state index in [1.54, 1.807) is 12.1 Å². The van der Waals surface area contributed by atoms with Crippen LogP contribution in [0.4, 0.5) is 4.39 Å². The Balaban J connectivity index is 2.09. The summed E-state index contributed by atoms with van der Waals surface area (Å²) >= 11 is 0. The van der Waals surface area contributed by atoms with Crippen molar-refractivity contribution >= 4 is 11.1 Å². The van der Waals surface area contributed by atoms with Crippen LogP contribution in [0.5, 0.6) is 0 Å². The smallest absolute Gasteiger partial charge is 0.123 e. The summed E-state index contributed by atoms with van der Waals surface area (Å²) in [5.41, 5.74) is 3.00. The van der Waals surface area contributed by atoms with Crippen LogP contribution in [-0.4, -0.2) is 10.7 Å². The average Bonchev–Trinajstić information content (AvgIpc) is 2.57. The van der Waals surface area contributed by atoms with E-state index in [0.29, 0.717) is 6.42 Å². The minimum Gasteiger partial charge on any atom is -0.385 e. The van der Waals surface area contributed by atoms with Gasteiger partial charge in [-0.1, -0.05) is 62.4 Å². The van der Waals surface area contributed by atoms with Crippen molar-refractivity contribution in [2.75, 3.05) is 0 Å². The predicted octanol–water partition coefficient (Wildman–Crippen LogP) is 5.08. The molecule has 118 valence electrons. The second-order valence-electron chi connectivity index (χ2n) is 6.37. The maximum absolute atomic E-state index is 13.3. The molecule has 3 rings (SSSR count). The first kappa shape index (κ1) is 15.7. The maximum Gasteiger partial charge on any atom is 0.123 e. The third-order valence-electron chi connectivity index (χ3n) is 4.62. The highest BCUT2D eigenvalue weighted by atomic mass is 19.1. The van der Waals surface area contributed by atoms with Crippen molar-refractivity contribution in [2.45, 2.75) is 25.9 Å². The Morgan fingerprint density at radius 3 is 2.22 bits per heavy atom. The van der Waals surface area contributed by atoms with Crippen LogP contribution in [-0.2, 0) is 0 Å². The van der Waals surface area contributed by atoms with Gasteiger partial charge < -0.3 is 5.11 Å². The van der Waals surface area contributed by atoms with Crippen LogP contribution in [0, 0.1) is 11.7 Å². The van der Waals surface area contributed by atoms with Gasteiger partial charge in [-0.2, -0.15) is 0 Å². The second kappa shape index (κ2) is 6.13. The van der Waals surface area contributed by atoms with Gasteiger partial charge in [-0.25, -0.2) is 4.39 Å². The van der Waals surface area contributed by atoms with Gasteiger partial charge in [-0.05, 0) is 52.8 Å². The standard InChI is InChI=1S/C21H21FO/c1-15(2)21(23)13-12-18(16-6-4-3-5-7-16)14-20(21)17-8-10-19(22)11-9-17/h3-12,14-15,23H,13H2,1-2H3. The number of aliphatic hydroxyl groups is 1. The molecule has 0 radical (unpaired) electrons. The molecule has 0 aromatic heterocycles. The largest absolute Gasteiger partial charge is 0.385 e. The van der Waals surface area contributed by atoms with Gasteiger partial charge in [0.2, 0.25) is 0 Å². The minimum atomic E-state index is -0.934. The van der Waals surface area contributed by atoms with Crippen molar-refractivity contribution in [1.82, 2.24) is 0 Å². The number of hydrogen-bond donors (Lipinski definition) is 1. The third kappa shape index (κ3) is 2.99. The Morgan fingerprint density at radius 2 is 1.61 bits per heavy atom. The lowest BCUT2D eigenvalue weighted by molar-refractivity contribution is 0.0560. The van der Waals surface area contributed by atoms with Crippen LogP contribution in [0.15, 0.2) is 66.7 Å². The van der Waals surface area contributed by atoms with Crippen molar-refractivity contribution in [3.8, 4) is 0 Å². The summed E-state index contributed by atoms with van der Waals surface area (Å²) in [4.78, 5) is 0. The summed E-state index contributed by atoms with van der Waals surface area (Å²) in [6, 6.07) is 16.5. The predicted molar refractivity (Wildman–Crippen MR) is 93.2 cm³/mol. The fraction of sp³-hybridized carbons (Fsp3) is 0.238. The summed E-state index contributed by atoms with van der Waals surface area (Å²) in [6.45, 7) is 4.03. The first-order valence-corrected chi connectivity index (χ1v) is 7.97. The maximum atomic E-state index is 13.3. The number of benzene rings is 2. The molecule has 0 heterocycles. The number of hydrogen-bond acceptors (Lipinski definition) is 1. The normalized spacial score (nSPS) is 21.1. The van der Waals surface area contributed by atoms with Gasteiger partial charge in [0, 0.05) is 0 Å². The van der Waals surface area contributed by atoms with Crippen LogP contribution >= 0.6 is 0 Å². The molecule has 1 N–H and O–H groups in total. The van der Waals surface area contributed by atoms with Crippen LogP contribution < -0.4 is 0 Å². The van der Waals surface area contributed by atoms with E-state index in [-0.39, 0.29) is 11.7 Å². The molecule has 1 unspecified atom stereocenters. The molecule has 1 aliphatic carbocycles. The molecule has 0 bridgehead atoms. The molecule has 1 nitrogen and oxygen atoms in total. The van der Waals surface area contributed by atoms with E-state index in [4.69, 9.17) is 0 Å². The molecule has 1 aliphatic rings. The van der Waals surface area contributed by atoms with Gasteiger partial charge in [0.25, 0.3) is 0 Å². The average molecular weight is 308 g/mol. The third-order valence-corrected chi connectivity index (χ3v) is 4.62. The summed E-state index contributed by atoms with van der Waals surface area (Å²) in [6.07, 6.45) is 4.67. The van der Waals surface area contributed by atoms with Crippen molar-refractivity contribution < 1.29 is 9.50 Å². The van der Waals surface area contributed by atoms with Crippen molar-refractivity contribution in [1.29, 1.82) is 0 Å². The van der Waals surface area contributed by atoms with E-state index in [0.717, 1.165) is 22.3 Å². The van der Waals surface area contributed by atoms with Crippen LogP contribution in [0.2, 0.25) is 0 Å². The van der Waals surface area contributed by atoms with Crippen molar-refractivity contribution in [2.24, 2.45) is 5.92 Å². The summed E-state index contributed by atoms with van der Waals surface area (Å²) in [7, 11) is 0. The molecule has 23 heavy (non-hydrogen) atoms. The SMILES string of the molecule is CC(C)C1(O)CC=C(c2ccccc2)C=C1c1ccc(F)cc1. The quantitative estimate of drug-likeness (QED) is 0.838. The first-order valence-electron chi connectivity index (χ1n) is 7.97. The Kier molecular flexibility index (Phi) is 4.18. The van der Waals surface area contributed by atoms with Gasteiger partial charge in [0.15, 0.2) is 0 Å². The van der Waals surface area contributed by atoms with E-state index >= 15 is 0 Å². The zero-order valence-corrected chi connectivity index (χ0v) is 13.5. The second-order valence-corrected chi connectivity index (χ2v) is 6.37. The lowest BCUT2D eigenvalue weighted by Crippen LogP contribution is -2.37. The van der Waals surface area contributed by atoms with Gasteiger partial charge in [0.1, 0.15) is 5.82 Å². The monoisotopic (exact) mass is 308 g/mol. The fourth-order valence-corrected chi connectivity index (χ4v) is 3.06. The number of halogens is 1. The van der Waals surface area contributed by atoms with E-state index in [2.05, 4.69) is 18.2 Å². The summed E-state index contributed by atoms with van der Waals surface area (Å²) < 4.78 is 13.3. The van der Waals surface area contributed by atoms with Gasteiger partial charge in [-0.3, -0.25) is 0 Å². The Morgan fingerprint density at radius 1 is 0.957 bits per heavy atom. The van der Waals surface area contributed by atoms with E-state index in [9.17, 15) is 9.50 Å². The number of allylic oxidation sites excluding steroid dienone is 2. The molecule has 2 heteroatoms. The Hall–Kier alpha value is -2.19. The van der Waals surface area contributed by atoms with E-state index in [1.165, 1.54) is 12.1 Å². The Bertz CT molecular complexity index is 741. The summed E-state index contributed by atoms with van der Waals surface area (Å²) in [5, 5.41) is 11.2. The zero-order chi connectivity index (χ0) is 16.4. The van der Waals surface area contributed by atoms with Crippen LogP contribution in [0.3, 0.4) is 0 Å². The molecular formula is C21H21FO. The lowest BCUT2D eigenvalue weighted by Gasteiger charge is -2.37. The zero-order valence-electron chi connectivity index (χ0n) is 13.5. The van der Waals surface area contributed by atoms with E-state index in [1.807, 2.05) is 38.1 Å². The minimum absolute atomic E-state index is 0.0624. The Labute approximate surface area is 136 Å². The van der Waals surface area contributed by atoms with Gasteiger partial charge in [-0.15, -0.1) is 0 Å². The molecule has 1 atom stereocenters. The molecule has 0 saturated carbocycles. The molecular weight excluding hydrogens is 287 g/mol. The highest BCUT2D eigenvalue weighted by molar-refractivity contribution is 5.89. The molecule has 0 saturated heterocycles.